The number of esters is 1. The number of hydrogen-bond acceptors (Lipinski definition) is 6. The van der Waals surface area contributed by atoms with E-state index in [1.807, 2.05) is 23.1 Å². The van der Waals surface area contributed by atoms with Crippen molar-refractivity contribution < 1.29 is 27.4 Å². The van der Waals surface area contributed by atoms with E-state index in [0.717, 1.165) is 33.1 Å². The number of ether oxygens (including phenoxy) is 2. The van der Waals surface area contributed by atoms with Crippen molar-refractivity contribution in [1.29, 1.82) is 0 Å². The van der Waals surface area contributed by atoms with Gasteiger partial charge in [-0.3, -0.25) is 0 Å². The van der Waals surface area contributed by atoms with Gasteiger partial charge in [-0.1, -0.05) is 40.2 Å². The molecule has 0 bridgehead atoms. The molecule has 1 aromatic heterocycles. The summed E-state index contributed by atoms with van der Waals surface area (Å²) in [5.41, 5.74) is 1.02. The zero-order valence-corrected chi connectivity index (χ0v) is 19.1. The number of rotatable bonds is 5. The number of anilines is 1. The van der Waals surface area contributed by atoms with Crippen LogP contribution in [-0.4, -0.2) is 19.4 Å². The highest BCUT2D eigenvalue weighted by Crippen LogP contribution is 2.40. The minimum Gasteiger partial charge on any atom is -0.487 e. The standard InChI is InChI=1S/C22H16BrF3N2O3S/c1-30-21(29)20-18(31-11-14-4-2-3-5-16(14)22(24,25)26)9-19(32-20)28-10-13-6-7-15(23)8-17(13)27-12-28/h2-9,12H,10-11H2,1H3. The Kier molecular flexibility index (Phi) is 6.25. The average molecular weight is 525 g/mol. The number of hydrogen-bond donors (Lipinski definition) is 0. The van der Waals surface area contributed by atoms with Gasteiger partial charge in [0.2, 0.25) is 0 Å². The molecule has 32 heavy (non-hydrogen) atoms. The quantitative estimate of drug-likeness (QED) is 0.354. The molecule has 0 aliphatic carbocycles. The molecule has 0 amide bonds. The Morgan fingerprint density at radius 2 is 2.00 bits per heavy atom. The van der Waals surface area contributed by atoms with Gasteiger partial charge in [-0.15, -0.1) is 11.3 Å². The Morgan fingerprint density at radius 3 is 2.75 bits per heavy atom. The first-order chi connectivity index (χ1) is 15.3. The molecule has 4 rings (SSSR count). The highest BCUT2D eigenvalue weighted by atomic mass is 79.9. The Balaban J connectivity index is 1.60. The molecule has 5 nitrogen and oxygen atoms in total. The van der Waals surface area contributed by atoms with Crippen molar-refractivity contribution in [3.63, 3.8) is 0 Å². The molecule has 1 aliphatic heterocycles. The van der Waals surface area contributed by atoms with E-state index in [1.54, 1.807) is 12.4 Å². The lowest BCUT2D eigenvalue weighted by atomic mass is 10.1. The van der Waals surface area contributed by atoms with E-state index in [-0.39, 0.29) is 22.8 Å². The second-order valence-electron chi connectivity index (χ2n) is 6.86. The molecule has 2 aromatic carbocycles. The van der Waals surface area contributed by atoms with Crippen LogP contribution in [0.2, 0.25) is 0 Å². The van der Waals surface area contributed by atoms with Crippen LogP contribution >= 0.6 is 27.3 Å². The van der Waals surface area contributed by atoms with Crippen LogP contribution in [0.3, 0.4) is 0 Å². The first-order valence-corrected chi connectivity index (χ1v) is 11.0. The minimum atomic E-state index is -4.50. The van der Waals surface area contributed by atoms with Crippen molar-refractivity contribution in [1.82, 2.24) is 0 Å². The topological polar surface area (TPSA) is 51.1 Å². The Bertz CT molecular complexity index is 1190. The van der Waals surface area contributed by atoms with Crippen molar-refractivity contribution in [3.05, 3.63) is 74.6 Å². The normalized spacial score (nSPS) is 13.1. The van der Waals surface area contributed by atoms with Crippen molar-refractivity contribution in [2.75, 3.05) is 12.0 Å². The van der Waals surface area contributed by atoms with Crippen LogP contribution in [0, 0.1) is 0 Å². The Hall–Kier alpha value is -2.85. The van der Waals surface area contributed by atoms with Gasteiger partial charge in [-0.05, 0) is 23.8 Å². The van der Waals surface area contributed by atoms with E-state index in [0.29, 0.717) is 11.5 Å². The van der Waals surface area contributed by atoms with E-state index >= 15 is 0 Å². The highest BCUT2D eigenvalue weighted by molar-refractivity contribution is 9.10. The van der Waals surface area contributed by atoms with E-state index in [2.05, 4.69) is 20.9 Å². The van der Waals surface area contributed by atoms with Crippen LogP contribution in [0.25, 0.3) is 0 Å². The molecule has 2 heterocycles. The molecule has 0 N–H and O–H groups in total. The third-order valence-electron chi connectivity index (χ3n) is 4.77. The number of thiophene rings is 1. The second-order valence-corrected chi connectivity index (χ2v) is 8.81. The first-order valence-electron chi connectivity index (χ1n) is 9.35. The maximum atomic E-state index is 13.3. The van der Waals surface area contributed by atoms with Crippen molar-refractivity contribution in [2.45, 2.75) is 19.3 Å². The molecule has 0 radical (unpaired) electrons. The summed E-state index contributed by atoms with van der Waals surface area (Å²) in [6.45, 7) is 0.171. The van der Waals surface area contributed by atoms with E-state index in [9.17, 15) is 18.0 Å². The summed E-state index contributed by atoms with van der Waals surface area (Å²) in [7, 11) is 1.24. The molecule has 166 valence electrons. The summed E-state index contributed by atoms with van der Waals surface area (Å²) in [6, 6.07) is 12.6. The van der Waals surface area contributed by atoms with Crippen LogP contribution in [-0.2, 0) is 24.1 Å². The molecule has 1 aliphatic rings. The molecule has 3 aromatic rings. The Labute approximate surface area is 194 Å². The van der Waals surface area contributed by atoms with Crippen molar-refractivity contribution >= 4 is 50.3 Å². The molecule has 0 saturated heterocycles. The number of halogens is 4. The molecule has 10 heteroatoms. The molecular formula is C22H16BrF3N2O3S. The van der Waals surface area contributed by atoms with Gasteiger partial charge in [0.15, 0.2) is 4.88 Å². The monoisotopic (exact) mass is 524 g/mol. The van der Waals surface area contributed by atoms with Gasteiger partial charge in [-0.25, -0.2) is 9.79 Å². The highest BCUT2D eigenvalue weighted by Gasteiger charge is 2.33. The fourth-order valence-corrected chi connectivity index (χ4v) is 4.54. The molecule has 0 atom stereocenters. The third kappa shape index (κ3) is 4.66. The van der Waals surface area contributed by atoms with Crippen LogP contribution in [0.1, 0.15) is 26.4 Å². The predicted molar refractivity (Wildman–Crippen MR) is 120 cm³/mol. The van der Waals surface area contributed by atoms with Gasteiger partial charge in [-0.2, -0.15) is 13.2 Å². The van der Waals surface area contributed by atoms with Crippen LogP contribution in [0.5, 0.6) is 5.75 Å². The zero-order chi connectivity index (χ0) is 22.9. The zero-order valence-electron chi connectivity index (χ0n) is 16.6. The number of carbonyl (C=O) groups excluding carboxylic acids is 1. The number of nitrogens with zero attached hydrogens (tertiary/aromatic N) is 2. The third-order valence-corrected chi connectivity index (χ3v) is 6.40. The summed E-state index contributed by atoms with van der Waals surface area (Å²) >= 11 is 4.54. The molecular weight excluding hydrogens is 509 g/mol. The van der Waals surface area contributed by atoms with Gasteiger partial charge in [0, 0.05) is 16.1 Å². The second kappa shape index (κ2) is 8.95. The summed E-state index contributed by atoms with van der Waals surface area (Å²) in [5.74, 6) is -0.470. The maximum absolute atomic E-state index is 13.3. The van der Waals surface area contributed by atoms with Gasteiger partial charge >= 0.3 is 12.1 Å². The summed E-state index contributed by atoms with van der Waals surface area (Å²) in [4.78, 5) is 18.7. The molecule has 0 fully saturated rings. The van der Waals surface area contributed by atoms with Crippen LogP contribution < -0.4 is 9.64 Å². The number of fused-ring (bicyclic) bond motifs is 1. The fraction of sp³-hybridized carbons (Fsp3) is 0.182. The Morgan fingerprint density at radius 1 is 1.22 bits per heavy atom. The van der Waals surface area contributed by atoms with Gasteiger partial charge in [0.1, 0.15) is 17.4 Å². The van der Waals surface area contributed by atoms with Crippen molar-refractivity contribution in [3.8, 4) is 5.75 Å². The summed E-state index contributed by atoms with van der Waals surface area (Å²) in [6.07, 6.45) is -2.86. The van der Waals surface area contributed by atoms with Crippen LogP contribution in [0.15, 0.2) is 58.0 Å². The smallest absolute Gasteiger partial charge is 0.416 e. The average Bonchev–Trinajstić information content (AvgIpc) is 3.20. The lowest BCUT2D eigenvalue weighted by Crippen LogP contribution is -2.22. The van der Waals surface area contributed by atoms with Gasteiger partial charge < -0.3 is 14.4 Å². The number of benzene rings is 2. The van der Waals surface area contributed by atoms with Gasteiger partial charge in [0.25, 0.3) is 0 Å². The maximum Gasteiger partial charge on any atom is 0.416 e. The number of alkyl halides is 3. The number of carbonyl (C=O) groups is 1. The summed E-state index contributed by atoms with van der Waals surface area (Å²) < 4.78 is 51.3. The molecule has 0 saturated carbocycles. The van der Waals surface area contributed by atoms with E-state index in [4.69, 9.17) is 9.47 Å². The van der Waals surface area contributed by atoms with Crippen LogP contribution in [0.4, 0.5) is 23.9 Å². The number of aliphatic imine (C=N–C) groups is 1. The lowest BCUT2D eigenvalue weighted by Gasteiger charge is -2.22. The minimum absolute atomic E-state index is 0.0254. The van der Waals surface area contributed by atoms with E-state index in [1.165, 1.54) is 25.3 Å². The van der Waals surface area contributed by atoms with Crippen molar-refractivity contribution in [2.24, 2.45) is 4.99 Å². The largest absolute Gasteiger partial charge is 0.487 e. The SMILES string of the molecule is COC(=O)c1sc(N2C=Nc3cc(Br)ccc3C2)cc1OCc1ccccc1C(F)(F)F. The van der Waals surface area contributed by atoms with Gasteiger partial charge in [0.05, 0.1) is 31.2 Å². The first kappa shape index (κ1) is 22.3. The molecule has 0 spiro atoms. The van der Waals surface area contributed by atoms with E-state index < -0.39 is 17.7 Å². The lowest BCUT2D eigenvalue weighted by molar-refractivity contribution is -0.138. The summed E-state index contributed by atoms with van der Waals surface area (Å²) in [5, 5.41) is 0.654. The fourth-order valence-electron chi connectivity index (χ4n) is 3.21. The molecule has 0 unspecified atom stereocenters. The predicted octanol–water partition coefficient (Wildman–Crippen LogP) is 6.58. The number of methoxy groups -OCH3 is 1.